The van der Waals surface area contributed by atoms with Gasteiger partial charge in [0.1, 0.15) is 5.75 Å². The van der Waals surface area contributed by atoms with Crippen LogP contribution in [0, 0.1) is 6.92 Å². The molecule has 0 saturated carbocycles. The lowest BCUT2D eigenvalue weighted by atomic mass is 10.0. The Kier molecular flexibility index (Phi) is 10.6. The first-order valence-corrected chi connectivity index (χ1v) is 16.5. The molecule has 0 unspecified atom stereocenters. The van der Waals surface area contributed by atoms with Crippen LogP contribution in [0.3, 0.4) is 0 Å². The molecule has 2 N–H and O–H groups in total. The average molecular weight is 649 g/mol. The predicted molar refractivity (Wildman–Crippen MR) is 168 cm³/mol. The third kappa shape index (κ3) is 8.63. The fourth-order valence-corrected chi connectivity index (χ4v) is 5.76. The number of anilines is 3. The summed E-state index contributed by atoms with van der Waals surface area (Å²) >= 11 is 0. The highest BCUT2D eigenvalue weighted by atomic mass is 32.2. The molecule has 0 spiro atoms. The van der Waals surface area contributed by atoms with Crippen LogP contribution < -0.4 is 19.7 Å². The van der Waals surface area contributed by atoms with E-state index in [1.807, 2.05) is 0 Å². The summed E-state index contributed by atoms with van der Waals surface area (Å²) in [5.41, 5.74) is 1.27. The van der Waals surface area contributed by atoms with E-state index in [-0.39, 0.29) is 36.4 Å². The molecule has 0 atom stereocenters. The largest absolute Gasteiger partial charge is 0.495 e. The average Bonchev–Trinajstić information content (AvgIpc) is 2.99. The highest BCUT2D eigenvalue weighted by Gasteiger charge is 2.35. The van der Waals surface area contributed by atoms with Crippen molar-refractivity contribution >= 4 is 33.3 Å². The number of alkyl halides is 3. The van der Waals surface area contributed by atoms with Crippen LogP contribution in [-0.2, 0) is 29.0 Å². The van der Waals surface area contributed by atoms with Crippen molar-refractivity contribution in [2.24, 2.45) is 0 Å². The normalized spacial score (nSPS) is 14.7. The van der Waals surface area contributed by atoms with E-state index < -0.39 is 21.8 Å². The molecular formula is C31H39F3N6O4S. The van der Waals surface area contributed by atoms with Crippen LogP contribution >= 0.6 is 0 Å². The van der Waals surface area contributed by atoms with E-state index in [1.54, 1.807) is 43.3 Å². The lowest BCUT2D eigenvalue weighted by Crippen LogP contribution is -2.44. The second kappa shape index (κ2) is 14.0. The van der Waals surface area contributed by atoms with E-state index in [4.69, 9.17) is 4.74 Å². The molecule has 4 rings (SSSR count). The summed E-state index contributed by atoms with van der Waals surface area (Å²) in [7, 11) is -0.770. The number of piperidine rings is 1. The molecule has 1 aromatic heterocycles. The number of halogens is 3. The number of benzene rings is 2. The molecule has 10 nitrogen and oxygen atoms in total. The smallest absolute Gasteiger partial charge is 0.419 e. The molecule has 1 aliphatic rings. The van der Waals surface area contributed by atoms with Crippen molar-refractivity contribution in [3.05, 3.63) is 70.5 Å². The van der Waals surface area contributed by atoms with Crippen LogP contribution in [0.25, 0.3) is 0 Å². The Morgan fingerprint density at radius 1 is 1.13 bits per heavy atom. The molecule has 0 aliphatic carbocycles. The van der Waals surface area contributed by atoms with E-state index in [2.05, 4.69) is 32.4 Å². The lowest BCUT2D eigenvalue weighted by Gasteiger charge is -2.31. The van der Waals surface area contributed by atoms with Crippen LogP contribution in [-0.4, -0.2) is 75.3 Å². The maximum Gasteiger partial charge on any atom is 0.419 e. The van der Waals surface area contributed by atoms with Gasteiger partial charge in [0.05, 0.1) is 36.0 Å². The van der Waals surface area contributed by atoms with Gasteiger partial charge < -0.3 is 20.3 Å². The molecule has 0 bridgehead atoms. The van der Waals surface area contributed by atoms with Crippen molar-refractivity contribution in [3.8, 4) is 5.75 Å². The van der Waals surface area contributed by atoms with E-state index in [0.29, 0.717) is 28.3 Å². The SMILES string of the molecule is CCN1CCC(NC(=O)c2ccc(Nc3ncc(C(F)(F)F)c(CCc4ccc(C)cc4N(C)S(C)(=O)=O)n3)c(OC)c2)CC1. The molecule has 14 heteroatoms. The number of sulfonamides is 1. The Balaban J connectivity index is 1.55. The van der Waals surface area contributed by atoms with E-state index in [9.17, 15) is 26.4 Å². The Labute approximate surface area is 262 Å². The van der Waals surface area contributed by atoms with E-state index in [1.165, 1.54) is 14.2 Å². The number of carbonyl (C=O) groups excluding carboxylic acids is 1. The van der Waals surface area contributed by atoms with Crippen molar-refractivity contribution in [2.45, 2.75) is 51.7 Å². The maximum absolute atomic E-state index is 13.9. The summed E-state index contributed by atoms with van der Waals surface area (Å²) in [6.07, 6.45) is -1.22. The van der Waals surface area contributed by atoms with Crippen molar-refractivity contribution < 1.29 is 31.1 Å². The predicted octanol–water partition coefficient (Wildman–Crippen LogP) is 4.95. The summed E-state index contributed by atoms with van der Waals surface area (Å²) in [6, 6.07) is 9.98. The first-order valence-electron chi connectivity index (χ1n) is 14.6. The van der Waals surface area contributed by atoms with Crippen molar-refractivity contribution in [1.82, 2.24) is 20.2 Å². The van der Waals surface area contributed by atoms with E-state index >= 15 is 0 Å². The van der Waals surface area contributed by atoms with Gasteiger partial charge in [-0.15, -0.1) is 0 Å². The fraction of sp³-hybridized carbons (Fsp3) is 0.452. The van der Waals surface area contributed by atoms with Crippen molar-refractivity contribution in [2.75, 3.05) is 49.7 Å². The first-order chi connectivity index (χ1) is 21.2. The zero-order chi connectivity index (χ0) is 32.9. The van der Waals surface area contributed by atoms with Gasteiger partial charge in [-0.2, -0.15) is 13.2 Å². The number of methoxy groups -OCH3 is 1. The zero-order valence-corrected chi connectivity index (χ0v) is 26.8. The Morgan fingerprint density at radius 2 is 1.84 bits per heavy atom. The number of nitrogens with zero attached hydrogens (tertiary/aromatic N) is 4. The van der Waals surface area contributed by atoms with Crippen molar-refractivity contribution in [3.63, 3.8) is 0 Å². The van der Waals surface area contributed by atoms with Gasteiger partial charge in [-0.1, -0.05) is 19.1 Å². The number of ether oxygens (including phenoxy) is 1. The molecule has 2 aromatic carbocycles. The molecule has 1 amide bonds. The molecule has 1 saturated heterocycles. The number of hydrogen-bond acceptors (Lipinski definition) is 8. The molecule has 1 aliphatic heterocycles. The second-order valence-electron chi connectivity index (χ2n) is 11.1. The van der Waals surface area contributed by atoms with Gasteiger partial charge in [-0.05, 0) is 74.5 Å². The molecule has 45 heavy (non-hydrogen) atoms. The summed E-state index contributed by atoms with van der Waals surface area (Å²) in [6.45, 7) is 6.74. The topological polar surface area (TPSA) is 117 Å². The highest BCUT2D eigenvalue weighted by molar-refractivity contribution is 7.92. The number of likely N-dealkylation sites (tertiary alicyclic amines) is 1. The molecular weight excluding hydrogens is 609 g/mol. The molecule has 2 heterocycles. The van der Waals surface area contributed by atoms with Gasteiger partial charge in [0.2, 0.25) is 16.0 Å². The van der Waals surface area contributed by atoms with Gasteiger partial charge in [-0.25, -0.2) is 18.4 Å². The maximum atomic E-state index is 13.9. The number of amides is 1. The Bertz CT molecular complexity index is 1630. The highest BCUT2D eigenvalue weighted by Crippen LogP contribution is 2.34. The Morgan fingerprint density at radius 3 is 2.47 bits per heavy atom. The van der Waals surface area contributed by atoms with Crippen LogP contribution in [0.1, 0.15) is 52.5 Å². The summed E-state index contributed by atoms with van der Waals surface area (Å²) < 4.78 is 72.8. The standard InChI is InChI=1S/C31H39F3N6O4S/c1-6-40-15-13-23(14-16-40)36-29(41)22-10-12-26(28(18-22)44-4)38-30-35-19-24(31(32,33)34)25(37-30)11-9-21-8-7-20(2)17-27(21)39(3)45(5,42)43/h7-8,10,12,17-19,23H,6,9,11,13-16H2,1-5H3,(H,36,41)(H,35,37,38). The minimum atomic E-state index is -4.70. The summed E-state index contributed by atoms with van der Waals surface area (Å²) in [4.78, 5) is 23.4. The number of aryl methyl sites for hydroxylation is 3. The summed E-state index contributed by atoms with van der Waals surface area (Å²) in [5.74, 6) is -0.0324. The zero-order valence-electron chi connectivity index (χ0n) is 26.0. The summed E-state index contributed by atoms with van der Waals surface area (Å²) in [5, 5.41) is 5.99. The van der Waals surface area contributed by atoms with Gasteiger partial charge >= 0.3 is 6.18 Å². The number of hydrogen-bond donors (Lipinski definition) is 2. The van der Waals surface area contributed by atoms with Crippen LogP contribution in [0.2, 0.25) is 0 Å². The monoisotopic (exact) mass is 648 g/mol. The fourth-order valence-electron chi connectivity index (χ4n) is 5.23. The minimum absolute atomic E-state index is 0.0748. The minimum Gasteiger partial charge on any atom is -0.495 e. The molecule has 1 fully saturated rings. The van der Waals surface area contributed by atoms with Gasteiger partial charge in [0, 0.05) is 37.9 Å². The van der Waals surface area contributed by atoms with Crippen molar-refractivity contribution in [1.29, 1.82) is 0 Å². The second-order valence-corrected chi connectivity index (χ2v) is 13.2. The lowest BCUT2D eigenvalue weighted by molar-refractivity contribution is -0.138. The number of rotatable bonds is 11. The first kappa shape index (κ1) is 34.0. The number of aromatic nitrogens is 2. The van der Waals surface area contributed by atoms with Crippen LogP contribution in [0.15, 0.2) is 42.6 Å². The van der Waals surface area contributed by atoms with Gasteiger partial charge in [0.25, 0.3) is 5.91 Å². The molecule has 3 aromatic rings. The molecule has 244 valence electrons. The van der Waals surface area contributed by atoms with E-state index in [0.717, 1.165) is 54.8 Å². The number of carbonyl (C=O) groups is 1. The number of nitrogens with one attached hydrogen (secondary N) is 2. The third-order valence-electron chi connectivity index (χ3n) is 7.96. The van der Waals surface area contributed by atoms with Crippen LogP contribution in [0.5, 0.6) is 5.75 Å². The van der Waals surface area contributed by atoms with Crippen LogP contribution in [0.4, 0.5) is 30.5 Å². The Hall–Kier alpha value is -3.91. The quantitative estimate of drug-likeness (QED) is 0.300. The van der Waals surface area contributed by atoms with Gasteiger partial charge in [-0.3, -0.25) is 9.10 Å². The van der Waals surface area contributed by atoms with Gasteiger partial charge in [0.15, 0.2) is 0 Å². The third-order valence-corrected chi connectivity index (χ3v) is 9.15. The molecule has 0 radical (unpaired) electrons.